The lowest BCUT2D eigenvalue weighted by Crippen LogP contribution is -2.36. The summed E-state index contributed by atoms with van der Waals surface area (Å²) in [6, 6.07) is 8.25. The van der Waals surface area contributed by atoms with E-state index in [-0.39, 0.29) is 5.91 Å². The summed E-state index contributed by atoms with van der Waals surface area (Å²) >= 11 is 0. The number of nitrogens with one attached hydrogen (secondary N) is 1. The van der Waals surface area contributed by atoms with E-state index in [1.807, 2.05) is 18.3 Å². The van der Waals surface area contributed by atoms with Gasteiger partial charge in [-0.3, -0.25) is 4.79 Å². The summed E-state index contributed by atoms with van der Waals surface area (Å²) in [7, 11) is 3.32. The normalized spacial score (nSPS) is 16.8. The van der Waals surface area contributed by atoms with Crippen LogP contribution in [0.15, 0.2) is 30.5 Å². The summed E-state index contributed by atoms with van der Waals surface area (Å²) < 4.78 is 10.9. The Bertz CT molecular complexity index is 860. The van der Waals surface area contributed by atoms with Crippen molar-refractivity contribution in [2.75, 3.05) is 25.7 Å². The van der Waals surface area contributed by atoms with Crippen LogP contribution in [-0.2, 0) is 13.0 Å². The first kappa shape index (κ1) is 19.6. The monoisotopic (exact) mass is 395 g/mol. The molecule has 0 saturated heterocycles. The molecule has 1 aromatic carbocycles. The molecule has 29 heavy (non-hydrogen) atoms. The van der Waals surface area contributed by atoms with E-state index in [1.54, 1.807) is 14.2 Å². The van der Waals surface area contributed by atoms with Crippen molar-refractivity contribution >= 4 is 11.6 Å². The van der Waals surface area contributed by atoms with E-state index in [9.17, 15) is 4.79 Å². The molecular weight excluding hydrogens is 366 g/mol. The second-order valence-electron chi connectivity index (χ2n) is 7.86. The van der Waals surface area contributed by atoms with Crippen molar-refractivity contribution in [2.24, 2.45) is 0 Å². The van der Waals surface area contributed by atoms with Gasteiger partial charge in [-0.1, -0.05) is 19.3 Å². The Kier molecular flexibility index (Phi) is 5.88. The average molecular weight is 396 g/mol. The van der Waals surface area contributed by atoms with E-state index >= 15 is 0 Å². The number of hydrogen-bond acceptors (Lipinski definition) is 5. The molecule has 6 heteroatoms. The van der Waals surface area contributed by atoms with Crippen LogP contribution >= 0.6 is 0 Å². The van der Waals surface area contributed by atoms with Gasteiger partial charge in [-0.2, -0.15) is 0 Å². The number of carbonyl (C=O) groups is 1. The molecule has 0 spiro atoms. The van der Waals surface area contributed by atoms with Gasteiger partial charge in [0.2, 0.25) is 0 Å². The number of fused-ring (bicyclic) bond motifs is 1. The highest BCUT2D eigenvalue weighted by Crippen LogP contribution is 2.34. The van der Waals surface area contributed by atoms with Crippen molar-refractivity contribution in [3.8, 4) is 11.5 Å². The van der Waals surface area contributed by atoms with E-state index in [0.717, 1.165) is 49.5 Å². The van der Waals surface area contributed by atoms with E-state index in [4.69, 9.17) is 9.47 Å². The largest absolute Gasteiger partial charge is 0.493 e. The lowest BCUT2D eigenvalue weighted by atomic mass is 9.95. The van der Waals surface area contributed by atoms with E-state index in [2.05, 4.69) is 27.3 Å². The molecular formula is C23H29N3O3. The third kappa shape index (κ3) is 4.31. The first-order chi connectivity index (χ1) is 14.2. The standard InChI is InChI=1S/C23H29N3O3/c1-28-21-12-16-10-11-26(15-17(16)13-22(21)29-2)19-8-9-20(24-14-19)23(27)25-18-6-4-3-5-7-18/h8-9,12-14,18H,3-7,10-11,15H2,1-2H3,(H,25,27). The summed E-state index contributed by atoms with van der Waals surface area (Å²) in [4.78, 5) is 19.2. The van der Waals surface area contributed by atoms with Crippen LogP contribution in [0, 0.1) is 0 Å². The van der Waals surface area contributed by atoms with Gasteiger partial charge >= 0.3 is 0 Å². The summed E-state index contributed by atoms with van der Waals surface area (Å²) in [6.45, 7) is 1.68. The van der Waals surface area contributed by atoms with Gasteiger partial charge in [0, 0.05) is 19.1 Å². The van der Waals surface area contributed by atoms with Gasteiger partial charge in [-0.25, -0.2) is 4.98 Å². The molecule has 1 fully saturated rings. The number of carbonyl (C=O) groups excluding carboxylic acids is 1. The Morgan fingerprint density at radius 1 is 1.07 bits per heavy atom. The maximum absolute atomic E-state index is 12.5. The lowest BCUT2D eigenvalue weighted by Gasteiger charge is -2.31. The maximum atomic E-state index is 12.5. The summed E-state index contributed by atoms with van der Waals surface area (Å²) in [5.74, 6) is 1.46. The molecule has 1 aliphatic heterocycles. The molecule has 1 saturated carbocycles. The molecule has 0 atom stereocenters. The lowest BCUT2D eigenvalue weighted by molar-refractivity contribution is 0.0922. The molecule has 2 heterocycles. The highest BCUT2D eigenvalue weighted by molar-refractivity contribution is 5.92. The number of amides is 1. The smallest absolute Gasteiger partial charge is 0.270 e. The number of aromatic nitrogens is 1. The van der Waals surface area contributed by atoms with Crippen molar-refractivity contribution in [2.45, 2.75) is 51.1 Å². The number of rotatable bonds is 5. The van der Waals surface area contributed by atoms with Crippen LogP contribution in [0.5, 0.6) is 11.5 Å². The number of nitrogens with zero attached hydrogens (tertiary/aromatic N) is 2. The zero-order valence-electron chi connectivity index (χ0n) is 17.2. The molecule has 2 aliphatic rings. The minimum Gasteiger partial charge on any atom is -0.493 e. The predicted molar refractivity (Wildman–Crippen MR) is 113 cm³/mol. The zero-order valence-corrected chi connectivity index (χ0v) is 17.2. The van der Waals surface area contributed by atoms with Crippen LogP contribution < -0.4 is 19.7 Å². The maximum Gasteiger partial charge on any atom is 0.270 e. The fraction of sp³-hybridized carbons (Fsp3) is 0.478. The van der Waals surface area contributed by atoms with Crippen molar-refractivity contribution in [3.63, 3.8) is 0 Å². The molecule has 1 amide bonds. The second kappa shape index (κ2) is 8.72. The number of ether oxygens (including phenoxy) is 2. The van der Waals surface area contributed by atoms with Crippen LogP contribution in [0.25, 0.3) is 0 Å². The number of anilines is 1. The van der Waals surface area contributed by atoms with Crippen molar-refractivity contribution in [1.82, 2.24) is 10.3 Å². The molecule has 0 bridgehead atoms. The highest BCUT2D eigenvalue weighted by atomic mass is 16.5. The van der Waals surface area contributed by atoms with Gasteiger partial charge in [0.05, 0.1) is 26.1 Å². The second-order valence-corrected chi connectivity index (χ2v) is 7.86. The average Bonchev–Trinajstić information content (AvgIpc) is 2.78. The molecule has 1 N–H and O–H groups in total. The minimum atomic E-state index is -0.0655. The fourth-order valence-electron chi connectivity index (χ4n) is 4.32. The van der Waals surface area contributed by atoms with Crippen LogP contribution in [-0.4, -0.2) is 37.7 Å². The first-order valence-electron chi connectivity index (χ1n) is 10.4. The Morgan fingerprint density at radius 2 is 1.79 bits per heavy atom. The van der Waals surface area contributed by atoms with E-state index in [0.29, 0.717) is 11.7 Å². The van der Waals surface area contributed by atoms with Crippen LogP contribution in [0.2, 0.25) is 0 Å². The van der Waals surface area contributed by atoms with Crippen molar-refractivity contribution in [1.29, 1.82) is 0 Å². The highest BCUT2D eigenvalue weighted by Gasteiger charge is 2.21. The van der Waals surface area contributed by atoms with Gasteiger partial charge in [0.1, 0.15) is 5.69 Å². The number of benzene rings is 1. The Morgan fingerprint density at radius 3 is 2.45 bits per heavy atom. The fourth-order valence-corrected chi connectivity index (χ4v) is 4.32. The SMILES string of the molecule is COc1cc2c(cc1OC)CN(c1ccc(C(=O)NC3CCCCC3)nc1)CC2. The first-order valence-corrected chi connectivity index (χ1v) is 10.4. The molecule has 6 nitrogen and oxygen atoms in total. The van der Waals surface area contributed by atoms with Crippen LogP contribution in [0.3, 0.4) is 0 Å². The number of methoxy groups -OCH3 is 2. The molecule has 4 rings (SSSR count). The number of hydrogen-bond donors (Lipinski definition) is 1. The van der Waals surface area contributed by atoms with Gasteiger partial charge < -0.3 is 19.7 Å². The molecule has 1 aromatic heterocycles. The van der Waals surface area contributed by atoms with Gasteiger partial charge in [-0.15, -0.1) is 0 Å². The Labute approximate surface area is 172 Å². The number of pyridine rings is 1. The molecule has 154 valence electrons. The van der Waals surface area contributed by atoms with Crippen LogP contribution in [0.4, 0.5) is 5.69 Å². The van der Waals surface area contributed by atoms with Crippen molar-refractivity contribution in [3.05, 3.63) is 47.3 Å². The summed E-state index contributed by atoms with van der Waals surface area (Å²) in [5.41, 5.74) is 4.03. The third-order valence-electron chi connectivity index (χ3n) is 6.00. The van der Waals surface area contributed by atoms with Gasteiger partial charge in [0.15, 0.2) is 11.5 Å². The minimum absolute atomic E-state index is 0.0655. The predicted octanol–water partition coefficient (Wildman–Crippen LogP) is 3.72. The Hall–Kier alpha value is -2.76. The van der Waals surface area contributed by atoms with Crippen LogP contribution in [0.1, 0.15) is 53.7 Å². The topological polar surface area (TPSA) is 63.7 Å². The summed E-state index contributed by atoms with van der Waals surface area (Å²) in [6.07, 6.45) is 8.56. The Balaban J connectivity index is 1.44. The zero-order chi connectivity index (χ0) is 20.2. The van der Waals surface area contributed by atoms with E-state index in [1.165, 1.54) is 30.4 Å². The molecule has 2 aromatic rings. The van der Waals surface area contributed by atoms with E-state index < -0.39 is 0 Å². The summed E-state index contributed by atoms with van der Waals surface area (Å²) in [5, 5.41) is 3.13. The molecule has 0 unspecified atom stereocenters. The molecule has 0 radical (unpaired) electrons. The molecule has 1 aliphatic carbocycles. The quantitative estimate of drug-likeness (QED) is 0.836. The van der Waals surface area contributed by atoms with Crippen molar-refractivity contribution < 1.29 is 14.3 Å². The van der Waals surface area contributed by atoms with Gasteiger partial charge in [0.25, 0.3) is 5.91 Å². The third-order valence-corrected chi connectivity index (χ3v) is 6.00. The van der Waals surface area contributed by atoms with Gasteiger partial charge in [-0.05, 0) is 54.7 Å².